The number of likely N-dealkylation sites (N-methyl/N-ethyl adjacent to an activating group) is 1. The largest absolute Gasteiger partial charge is 0.492 e. The monoisotopic (exact) mass is 385 g/mol. The average molecular weight is 386 g/mol. The van der Waals surface area contributed by atoms with Gasteiger partial charge in [0.05, 0.1) is 10.6 Å². The SMILES string of the molecule is CN(CCCS(=O)(=O)c1ccc(F)cc1)CCOc1cccc(Cl)c1. The fourth-order valence-electron chi connectivity index (χ4n) is 2.27. The summed E-state index contributed by atoms with van der Waals surface area (Å²) in [7, 11) is -1.47. The third-order valence-electron chi connectivity index (χ3n) is 3.66. The first kappa shape index (κ1) is 19.7. The van der Waals surface area contributed by atoms with E-state index in [-0.39, 0.29) is 10.6 Å². The highest BCUT2D eigenvalue weighted by Gasteiger charge is 2.14. The van der Waals surface area contributed by atoms with Crippen molar-refractivity contribution in [3.05, 3.63) is 59.4 Å². The highest BCUT2D eigenvalue weighted by Crippen LogP contribution is 2.17. The molecule has 0 N–H and O–H groups in total. The molecule has 4 nitrogen and oxygen atoms in total. The second kappa shape index (κ2) is 9.17. The lowest BCUT2D eigenvalue weighted by atomic mass is 10.3. The van der Waals surface area contributed by atoms with Gasteiger partial charge >= 0.3 is 0 Å². The van der Waals surface area contributed by atoms with Gasteiger partial charge in [0.25, 0.3) is 0 Å². The zero-order valence-corrected chi connectivity index (χ0v) is 15.6. The van der Waals surface area contributed by atoms with Gasteiger partial charge in [-0.2, -0.15) is 0 Å². The Morgan fingerprint density at radius 2 is 1.84 bits per heavy atom. The molecule has 2 aromatic rings. The Morgan fingerprint density at radius 3 is 2.52 bits per heavy atom. The second-order valence-electron chi connectivity index (χ2n) is 5.74. The maximum absolute atomic E-state index is 12.9. The normalized spacial score (nSPS) is 11.7. The van der Waals surface area contributed by atoms with Crippen LogP contribution < -0.4 is 4.74 Å². The van der Waals surface area contributed by atoms with Crippen LogP contribution in [0.1, 0.15) is 6.42 Å². The van der Waals surface area contributed by atoms with Crippen LogP contribution in [0.4, 0.5) is 4.39 Å². The molecule has 0 radical (unpaired) electrons. The minimum absolute atomic E-state index is 0.0259. The summed E-state index contributed by atoms with van der Waals surface area (Å²) < 4.78 is 42.8. The third-order valence-corrected chi connectivity index (χ3v) is 5.72. The highest BCUT2D eigenvalue weighted by molar-refractivity contribution is 7.91. The fourth-order valence-corrected chi connectivity index (χ4v) is 3.75. The van der Waals surface area contributed by atoms with Crippen LogP contribution in [0.15, 0.2) is 53.4 Å². The first-order valence-electron chi connectivity index (χ1n) is 7.92. The van der Waals surface area contributed by atoms with Crippen LogP contribution in [0.3, 0.4) is 0 Å². The first-order valence-corrected chi connectivity index (χ1v) is 9.95. The summed E-state index contributed by atoms with van der Waals surface area (Å²) in [5, 5.41) is 0.622. The summed E-state index contributed by atoms with van der Waals surface area (Å²) in [5.41, 5.74) is 0. The third kappa shape index (κ3) is 6.65. The van der Waals surface area contributed by atoms with Gasteiger partial charge in [-0.15, -0.1) is 0 Å². The molecule has 0 bridgehead atoms. The van der Waals surface area contributed by atoms with Gasteiger partial charge in [0, 0.05) is 11.6 Å². The van der Waals surface area contributed by atoms with E-state index in [1.807, 2.05) is 24.1 Å². The lowest BCUT2D eigenvalue weighted by Crippen LogP contribution is -2.26. The van der Waals surface area contributed by atoms with Gasteiger partial charge in [0.2, 0.25) is 0 Å². The van der Waals surface area contributed by atoms with Crippen LogP contribution in [0.25, 0.3) is 0 Å². The van der Waals surface area contributed by atoms with Crippen LogP contribution in [-0.2, 0) is 9.84 Å². The van der Waals surface area contributed by atoms with Crippen molar-refractivity contribution in [1.82, 2.24) is 4.90 Å². The summed E-state index contributed by atoms with van der Waals surface area (Å²) in [6, 6.07) is 12.1. The number of halogens is 2. The molecule has 0 spiro atoms. The summed E-state index contributed by atoms with van der Waals surface area (Å²) in [6.07, 6.45) is 0.493. The maximum atomic E-state index is 12.9. The molecule has 0 aliphatic heterocycles. The highest BCUT2D eigenvalue weighted by atomic mass is 35.5. The number of nitrogens with zero attached hydrogens (tertiary/aromatic N) is 1. The van der Waals surface area contributed by atoms with Crippen LogP contribution in [-0.4, -0.2) is 45.8 Å². The zero-order valence-electron chi connectivity index (χ0n) is 14.0. The van der Waals surface area contributed by atoms with E-state index >= 15 is 0 Å². The molecule has 0 aromatic heterocycles. The van der Waals surface area contributed by atoms with E-state index in [1.165, 1.54) is 12.1 Å². The van der Waals surface area contributed by atoms with Crippen LogP contribution in [0.2, 0.25) is 5.02 Å². The minimum Gasteiger partial charge on any atom is -0.492 e. The minimum atomic E-state index is -3.38. The lowest BCUT2D eigenvalue weighted by molar-refractivity contribution is 0.238. The van der Waals surface area contributed by atoms with Crippen LogP contribution in [0.5, 0.6) is 5.75 Å². The number of ether oxygens (including phenoxy) is 1. The summed E-state index contributed by atoms with van der Waals surface area (Å²) in [5.74, 6) is 0.288. The molecule has 136 valence electrons. The molecule has 0 aliphatic rings. The maximum Gasteiger partial charge on any atom is 0.178 e. The van der Waals surface area contributed by atoms with Crippen LogP contribution in [0, 0.1) is 5.82 Å². The fraction of sp³-hybridized carbons (Fsp3) is 0.333. The van der Waals surface area contributed by atoms with Gasteiger partial charge < -0.3 is 9.64 Å². The Hall–Kier alpha value is -1.63. The predicted molar refractivity (Wildman–Crippen MR) is 97.5 cm³/mol. The van der Waals surface area contributed by atoms with E-state index in [1.54, 1.807) is 12.1 Å². The lowest BCUT2D eigenvalue weighted by Gasteiger charge is -2.17. The number of benzene rings is 2. The second-order valence-corrected chi connectivity index (χ2v) is 8.28. The van der Waals surface area contributed by atoms with E-state index in [2.05, 4.69) is 0 Å². The Balaban J connectivity index is 1.71. The van der Waals surface area contributed by atoms with E-state index in [4.69, 9.17) is 16.3 Å². The number of hydrogen-bond acceptors (Lipinski definition) is 4. The van der Waals surface area contributed by atoms with E-state index in [9.17, 15) is 12.8 Å². The Bertz CT molecular complexity index is 781. The van der Waals surface area contributed by atoms with Crippen molar-refractivity contribution in [2.24, 2.45) is 0 Å². The quantitative estimate of drug-likeness (QED) is 0.618. The number of hydrogen-bond donors (Lipinski definition) is 0. The van der Waals surface area contributed by atoms with E-state index < -0.39 is 15.7 Å². The average Bonchev–Trinajstić information content (AvgIpc) is 2.55. The molecule has 25 heavy (non-hydrogen) atoms. The topological polar surface area (TPSA) is 46.6 Å². The van der Waals surface area contributed by atoms with Gasteiger partial charge in [-0.25, -0.2) is 12.8 Å². The first-order chi connectivity index (χ1) is 11.9. The van der Waals surface area contributed by atoms with Gasteiger partial charge in [-0.3, -0.25) is 0 Å². The van der Waals surface area contributed by atoms with Crippen molar-refractivity contribution in [2.75, 3.05) is 32.5 Å². The molecule has 0 saturated carbocycles. The van der Waals surface area contributed by atoms with Crippen LogP contribution >= 0.6 is 11.6 Å². The molecule has 2 aromatic carbocycles. The molecule has 0 fully saturated rings. The smallest absolute Gasteiger partial charge is 0.178 e. The standard InChI is InChI=1S/C18H21ClFNO3S/c1-21(11-12-24-17-5-2-4-15(19)14-17)10-3-13-25(22,23)18-8-6-16(20)7-9-18/h2,4-9,14H,3,10-13H2,1H3. The number of rotatable bonds is 9. The molecular weight excluding hydrogens is 365 g/mol. The Kier molecular flexibility index (Phi) is 7.23. The van der Waals surface area contributed by atoms with Gasteiger partial charge in [-0.05, 0) is 62.5 Å². The molecule has 0 atom stereocenters. The van der Waals surface area contributed by atoms with Crippen molar-refractivity contribution in [1.29, 1.82) is 0 Å². The molecule has 2 rings (SSSR count). The molecule has 7 heteroatoms. The molecule has 0 heterocycles. The van der Waals surface area contributed by atoms with Gasteiger partial charge in [-0.1, -0.05) is 17.7 Å². The van der Waals surface area contributed by atoms with Crippen molar-refractivity contribution in [3.8, 4) is 5.75 Å². The van der Waals surface area contributed by atoms with E-state index in [0.717, 1.165) is 12.1 Å². The summed E-state index contributed by atoms with van der Waals surface area (Å²) >= 11 is 5.89. The van der Waals surface area contributed by atoms with Crippen molar-refractivity contribution in [2.45, 2.75) is 11.3 Å². The molecule has 0 amide bonds. The molecular formula is C18H21ClFNO3S. The van der Waals surface area contributed by atoms with Crippen molar-refractivity contribution < 1.29 is 17.5 Å². The summed E-state index contributed by atoms with van der Waals surface area (Å²) in [6.45, 7) is 1.78. The molecule has 0 unspecified atom stereocenters. The summed E-state index contributed by atoms with van der Waals surface area (Å²) in [4.78, 5) is 2.16. The zero-order chi connectivity index (χ0) is 18.3. The molecule has 0 saturated heterocycles. The Morgan fingerprint density at radius 1 is 1.12 bits per heavy atom. The number of sulfone groups is 1. The van der Waals surface area contributed by atoms with E-state index in [0.29, 0.717) is 36.9 Å². The van der Waals surface area contributed by atoms with Crippen molar-refractivity contribution in [3.63, 3.8) is 0 Å². The molecule has 0 aliphatic carbocycles. The van der Waals surface area contributed by atoms with Gasteiger partial charge in [0.15, 0.2) is 9.84 Å². The Labute approximate surface area is 153 Å². The predicted octanol–water partition coefficient (Wildman–Crippen LogP) is 3.65. The van der Waals surface area contributed by atoms with Gasteiger partial charge in [0.1, 0.15) is 18.2 Å². The van der Waals surface area contributed by atoms with Crippen molar-refractivity contribution >= 4 is 21.4 Å².